The van der Waals surface area contributed by atoms with Crippen LogP contribution in [0.4, 0.5) is 16.2 Å². The average Bonchev–Trinajstić information content (AvgIpc) is 2.64. The smallest absolute Gasteiger partial charge is 0.323 e. The first kappa shape index (κ1) is 17.3. The summed E-state index contributed by atoms with van der Waals surface area (Å²) in [7, 11) is 1.58. The Morgan fingerprint density at radius 1 is 1.08 bits per heavy atom. The summed E-state index contributed by atoms with van der Waals surface area (Å²) in [5.41, 5.74) is 2.60. The SMILES string of the molecule is COc1ccccc1NC(=O)Nc1ccc(CN2CCOCC2)cc1. The maximum absolute atomic E-state index is 12.2. The molecule has 0 aliphatic carbocycles. The monoisotopic (exact) mass is 341 g/mol. The molecule has 1 saturated heterocycles. The van der Waals surface area contributed by atoms with Crippen molar-refractivity contribution in [2.45, 2.75) is 6.54 Å². The van der Waals surface area contributed by atoms with Crippen molar-refractivity contribution >= 4 is 17.4 Å². The Morgan fingerprint density at radius 3 is 2.52 bits per heavy atom. The van der Waals surface area contributed by atoms with Crippen LogP contribution in [0.3, 0.4) is 0 Å². The summed E-state index contributed by atoms with van der Waals surface area (Å²) >= 11 is 0. The lowest BCUT2D eigenvalue weighted by atomic mass is 10.2. The van der Waals surface area contributed by atoms with Crippen molar-refractivity contribution in [3.8, 4) is 5.75 Å². The van der Waals surface area contributed by atoms with Crippen LogP contribution >= 0.6 is 0 Å². The summed E-state index contributed by atoms with van der Waals surface area (Å²) in [5.74, 6) is 0.624. The largest absolute Gasteiger partial charge is 0.495 e. The molecule has 0 aromatic heterocycles. The maximum atomic E-state index is 12.2. The lowest BCUT2D eigenvalue weighted by Gasteiger charge is -2.26. The van der Waals surface area contributed by atoms with Gasteiger partial charge in [-0.15, -0.1) is 0 Å². The number of ether oxygens (including phenoxy) is 2. The second-order valence-electron chi connectivity index (χ2n) is 5.86. The molecule has 0 bridgehead atoms. The number of hydrogen-bond acceptors (Lipinski definition) is 4. The van der Waals surface area contributed by atoms with Crippen LogP contribution in [0.25, 0.3) is 0 Å². The summed E-state index contributed by atoms with van der Waals surface area (Å²) in [4.78, 5) is 14.5. The Bertz CT molecular complexity index is 697. The quantitative estimate of drug-likeness (QED) is 0.877. The van der Waals surface area contributed by atoms with Gasteiger partial charge in [-0.3, -0.25) is 4.90 Å². The van der Waals surface area contributed by atoms with Gasteiger partial charge in [0.2, 0.25) is 0 Å². The second-order valence-corrected chi connectivity index (χ2v) is 5.86. The Labute approximate surface area is 147 Å². The van der Waals surface area contributed by atoms with Crippen LogP contribution in [0.5, 0.6) is 5.75 Å². The molecule has 6 heteroatoms. The average molecular weight is 341 g/mol. The Balaban J connectivity index is 1.54. The highest BCUT2D eigenvalue weighted by Crippen LogP contribution is 2.23. The minimum Gasteiger partial charge on any atom is -0.495 e. The molecule has 0 atom stereocenters. The molecule has 1 fully saturated rings. The van der Waals surface area contributed by atoms with Crippen LogP contribution in [0.15, 0.2) is 48.5 Å². The molecular weight excluding hydrogens is 318 g/mol. The van der Waals surface area contributed by atoms with Crippen LogP contribution in [-0.2, 0) is 11.3 Å². The molecule has 0 saturated carbocycles. The van der Waals surface area contributed by atoms with Crippen molar-refractivity contribution in [2.24, 2.45) is 0 Å². The number of methoxy groups -OCH3 is 1. The van der Waals surface area contributed by atoms with E-state index >= 15 is 0 Å². The van der Waals surface area contributed by atoms with Crippen molar-refractivity contribution < 1.29 is 14.3 Å². The number of morpholine rings is 1. The lowest BCUT2D eigenvalue weighted by Crippen LogP contribution is -2.35. The molecule has 0 unspecified atom stereocenters. The standard InChI is InChI=1S/C19H23N3O3/c1-24-18-5-3-2-4-17(18)21-19(23)20-16-8-6-15(7-9-16)14-22-10-12-25-13-11-22/h2-9H,10-14H2,1H3,(H2,20,21,23). The summed E-state index contributed by atoms with van der Waals surface area (Å²) in [6, 6.07) is 14.9. The molecule has 2 aromatic carbocycles. The first-order chi connectivity index (χ1) is 12.2. The number of para-hydroxylation sites is 2. The van der Waals surface area contributed by atoms with Crippen LogP contribution in [0.2, 0.25) is 0 Å². The minimum absolute atomic E-state index is 0.301. The molecular formula is C19H23N3O3. The van der Waals surface area contributed by atoms with Gasteiger partial charge in [0.05, 0.1) is 26.0 Å². The number of rotatable bonds is 5. The number of amides is 2. The number of anilines is 2. The van der Waals surface area contributed by atoms with Crippen LogP contribution < -0.4 is 15.4 Å². The third-order valence-corrected chi connectivity index (χ3v) is 4.08. The van der Waals surface area contributed by atoms with Crippen LogP contribution in [0, 0.1) is 0 Å². The summed E-state index contributed by atoms with van der Waals surface area (Å²) in [6.45, 7) is 4.41. The number of carbonyl (C=O) groups is 1. The van der Waals surface area contributed by atoms with Crippen LogP contribution in [0.1, 0.15) is 5.56 Å². The number of nitrogens with zero attached hydrogens (tertiary/aromatic N) is 1. The zero-order valence-corrected chi connectivity index (χ0v) is 14.3. The molecule has 1 heterocycles. The Morgan fingerprint density at radius 2 is 1.80 bits per heavy atom. The molecule has 0 radical (unpaired) electrons. The minimum atomic E-state index is -0.301. The van der Waals surface area contributed by atoms with E-state index in [4.69, 9.17) is 9.47 Å². The zero-order valence-electron chi connectivity index (χ0n) is 14.3. The van der Waals surface area contributed by atoms with E-state index in [2.05, 4.69) is 15.5 Å². The van der Waals surface area contributed by atoms with Gasteiger partial charge in [-0.1, -0.05) is 24.3 Å². The number of nitrogens with one attached hydrogen (secondary N) is 2. The fourth-order valence-corrected chi connectivity index (χ4v) is 2.74. The molecule has 2 amide bonds. The van der Waals surface area contributed by atoms with Gasteiger partial charge in [-0.25, -0.2) is 4.79 Å². The van der Waals surface area contributed by atoms with Gasteiger partial charge in [0.25, 0.3) is 0 Å². The molecule has 25 heavy (non-hydrogen) atoms. The predicted octanol–water partition coefficient (Wildman–Crippen LogP) is 3.17. The van der Waals surface area contributed by atoms with Gasteiger partial charge in [0.15, 0.2) is 0 Å². The number of carbonyl (C=O) groups excluding carboxylic acids is 1. The highest BCUT2D eigenvalue weighted by molar-refractivity contribution is 6.00. The van der Waals surface area contributed by atoms with Gasteiger partial charge in [0.1, 0.15) is 5.75 Å². The van der Waals surface area contributed by atoms with Crippen molar-refractivity contribution in [3.63, 3.8) is 0 Å². The van der Waals surface area contributed by atoms with E-state index in [1.54, 1.807) is 19.2 Å². The molecule has 2 N–H and O–H groups in total. The van der Waals surface area contributed by atoms with E-state index in [0.29, 0.717) is 11.4 Å². The molecule has 0 spiro atoms. The normalized spacial score (nSPS) is 14.8. The topological polar surface area (TPSA) is 62.8 Å². The van der Waals surface area contributed by atoms with Crippen molar-refractivity contribution in [1.29, 1.82) is 0 Å². The molecule has 6 nitrogen and oxygen atoms in total. The molecule has 1 aliphatic heterocycles. The Hall–Kier alpha value is -2.57. The first-order valence-electron chi connectivity index (χ1n) is 8.34. The number of urea groups is 1. The molecule has 3 rings (SSSR count). The van der Waals surface area contributed by atoms with Gasteiger partial charge in [-0.05, 0) is 29.8 Å². The summed E-state index contributed by atoms with van der Waals surface area (Å²) < 4.78 is 10.6. The van der Waals surface area contributed by atoms with Gasteiger partial charge >= 0.3 is 6.03 Å². The highest BCUT2D eigenvalue weighted by Gasteiger charge is 2.11. The third kappa shape index (κ3) is 4.95. The second kappa shape index (κ2) is 8.50. The van der Waals surface area contributed by atoms with Crippen LogP contribution in [-0.4, -0.2) is 44.3 Å². The van der Waals surface area contributed by atoms with E-state index in [0.717, 1.165) is 38.5 Å². The van der Waals surface area contributed by atoms with Gasteiger partial charge < -0.3 is 20.1 Å². The van der Waals surface area contributed by atoms with Gasteiger partial charge in [0, 0.05) is 25.3 Å². The van der Waals surface area contributed by atoms with E-state index in [-0.39, 0.29) is 6.03 Å². The number of benzene rings is 2. The fraction of sp³-hybridized carbons (Fsp3) is 0.316. The summed E-state index contributed by atoms with van der Waals surface area (Å²) in [6.07, 6.45) is 0. The maximum Gasteiger partial charge on any atom is 0.323 e. The molecule has 2 aromatic rings. The third-order valence-electron chi connectivity index (χ3n) is 4.08. The van der Waals surface area contributed by atoms with E-state index < -0.39 is 0 Å². The number of hydrogen-bond donors (Lipinski definition) is 2. The molecule has 1 aliphatic rings. The van der Waals surface area contributed by atoms with Crippen molar-refractivity contribution in [3.05, 3.63) is 54.1 Å². The zero-order chi connectivity index (χ0) is 17.5. The van der Waals surface area contributed by atoms with Gasteiger partial charge in [-0.2, -0.15) is 0 Å². The first-order valence-corrected chi connectivity index (χ1v) is 8.34. The van der Waals surface area contributed by atoms with Crippen molar-refractivity contribution in [2.75, 3.05) is 44.0 Å². The summed E-state index contributed by atoms with van der Waals surface area (Å²) in [5, 5.41) is 5.63. The van der Waals surface area contributed by atoms with E-state index in [1.165, 1.54) is 5.56 Å². The Kier molecular flexibility index (Phi) is 5.87. The molecule has 132 valence electrons. The van der Waals surface area contributed by atoms with Crippen molar-refractivity contribution in [1.82, 2.24) is 4.90 Å². The highest BCUT2D eigenvalue weighted by atomic mass is 16.5. The lowest BCUT2D eigenvalue weighted by molar-refractivity contribution is 0.0342. The van der Waals surface area contributed by atoms with E-state index in [9.17, 15) is 4.79 Å². The fourth-order valence-electron chi connectivity index (χ4n) is 2.74. The predicted molar refractivity (Wildman–Crippen MR) is 98.2 cm³/mol. The van der Waals surface area contributed by atoms with E-state index in [1.807, 2.05) is 36.4 Å².